The molecule has 23 heavy (non-hydrogen) atoms. The third kappa shape index (κ3) is 3.36. The molecule has 2 saturated carbocycles. The predicted octanol–water partition coefficient (Wildman–Crippen LogP) is 5.92. The maximum absolute atomic E-state index is 9.13. The first kappa shape index (κ1) is 18.5. The summed E-state index contributed by atoms with van der Waals surface area (Å²) in [7, 11) is 0. The fourth-order valence-corrected chi connectivity index (χ4v) is 6.09. The lowest BCUT2D eigenvalue weighted by molar-refractivity contribution is -0.0684. The second kappa shape index (κ2) is 6.97. The molecule has 1 heteroatoms. The van der Waals surface area contributed by atoms with Gasteiger partial charge in [0.05, 0.1) is 6.61 Å². The maximum Gasteiger partial charge on any atom is 0.0617 e. The summed E-state index contributed by atoms with van der Waals surface area (Å²) in [4.78, 5) is 0. The van der Waals surface area contributed by atoms with Gasteiger partial charge in [-0.2, -0.15) is 0 Å². The van der Waals surface area contributed by atoms with Crippen molar-refractivity contribution in [1.82, 2.24) is 0 Å². The van der Waals surface area contributed by atoms with Crippen LogP contribution in [0.25, 0.3) is 0 Å². The minimum atomic E-state index is 0.129. The van der Waals surface area contributed by atoms with Gasteiger partial charge in [0.1, 0.15) is 0 Å². The van der Waals surface area contributed by atoms with Crippen molar-refractivity contribution >= 4 is 0 Å². The summed E-state index contributed by atoms with van der Waals surface area (Å²) in [5.74, 6) is 2.12. The van der Waals surface area contributed by atoms with Gasteiger partial charge >= 0.3 is 0 Å². The van der Waals surface area contributed by atoms with Gasteiger partial charge in [-0.1, -0.05) is 56.6 Å². The van der Waals surface area contributed by atoms with Crippen LogP contribution in [0.15, 0.2) is 36.0 Å². The Balaban J connectivity index is 2.41. The molecule has 0 saturated heterocycles. The van der Waals surface area contributed by atoms with Crippen molar-refractivity contribution in [3.05, 3.63) is 36.0 Å². The SMILES string of the molecule is C=C[C@]1(C)CCC[C@@]2(C)C1CC[C@H](C)[C@@H]2/C(C)=C/C(C)=C/CO. The Hall–Kier alpha value is -0.820. The van der Waals surface area contributed by atoms with Crippen LogP contribution in [0.2, 0.25) is 0 Å². The first-order valence-electron chi connectivity index (χ1n) is 9.38. The van der Waals surface area contributed by atoms with Crippen molar-refractivity contribution in [2.24, 2.45) is 28.6 Å². The van der Waals surface area contributed by atoms with Gasteiger partial charge in [0.25, 0.3) is 0 Å². The highest BCUT2D eigenvalue weighted by Gasteiger charge is 2.54. The van der Waals surface area contributed by atoms with Crippen molar-refractivity contribution in [2.45, 2.75) is 66.7 Å². The predicted molar refractivity (Wildman–Crippen MR) is 100 cm³/mol. The van der Waals surface area contributed by atoms with Crippen LogP contribution in [-0.2, 0) is 0 Å². The number of fused-ring (bicyclic) bond motifs is 1. The third-order valence-corrected chi connectivity index (χ3v) is 7.04. The van der Waals surface area contributed by atoms with Crippen LogP contribution in [-0.4, -0.2) is 11.7 Å². The quantitative estimate of drug-likeness (QED) is 0.504. The van der Waals surface area contributed by atoms with Crippen molar-refractivity contribution in [3.8, 4) is 0 Å². The van der Waals surface area contributed by atoms with Crippen molar-refractivity contribution in [2.75, 3.05) is 6.61 Å². The van der Waals surface area contributed by atoms with Gasteiger partial charge < -0.3 is 5.11 Å². The summed E-state index contributed by atoms with van der Waals surface area (Å²) in [5.41, 5.74) is 3.35. The van der Waals surface area contributed by atoms with Gasteiger partial charge in [-0.25, -0.2) is 0 Å². The lowest BCUT2D eigenvalue weighted by Crippen LogP contribution is -2.51. The molecule has 0 aromatic carbocycles. The lowest BCUT2D eigenvalue weighted by Gasteiger charge is -2.59. The summed E-state index contributed by atoms with van der Waals surface area (Å²) in [6.45, 7) is 16.1. The number of aliphatic hydroxyl groups excluding tert-OH is 1. The molecule has 0 aromatic rings. The zero-order valence-corrected chi connectivity index (χ0v) is 15.9. The normalized spacial score (nSPS) is 42.3. The van der Waals surface area contributed by atoms with E-state index >= 15 is 0 Å². The Morgan fingerprint density at radius 1 is 1.22 bits per heavy atom. The zero-order chi connectivity index (χ0) is 17.3. The first-order chi connectivity index (χ1) is 10.8. The topological polar surface area (TPSA) is 20.2 Å². The van der Waals surface area contributed by atoms with Crippen LogP contribution in [0.5, 0.6) is 0 Å². The molecule has 130 valence electrons. The van der Waals surface area contributed by atoms with E-state index in [0.717, 1.165) is 11.8 Å². The summed E-state index contributed by atoms with van der Waals surface area (Å²) in [5, 5.41) is 9.13. The molecule has 2 rings (SSSR count). The molecule has 0 aromatic heterocycles. The largest absolute Gasteiger partial charge is 0.392 e. The van der Waals surface area contributed by atoms with E-state index in [1.54, 1.807) is 0 Å². The van der Waals surface area contributed by atoms with Gasteiger partial charge in [-0.3, -0.25) is 0 Å². The molecule has 0 heterocycles. The van der Waals surface area contributed by atoms with Gasteiger partial charge in [0, 0.05) is 0 Å². The van der Waals surface area contributed by atoms with E-state index < -0.39 is 0 Å². The Morgan fingerprint density at radius 3 is 2.52 bits per heavy atom. The van der Waals surface area contributed by atoms with E-state index in [-0.39, 0.29) is 6.61 Å². The van der Waals surface area contributed by atoms with Gasteiger partial charge in [0.15, 0.2) is 0 Å². The van der Waals surface area contributed by atoms with Gasteiger partial charge in [-0.05, 0) is 68.1 Å². The number of hydrogen-bond acceptors (Lipinski definition) is 1. The third-order valence-electron chi connectivity index (χ3n) is 7.04. The molecule has 2 fully saturated rings. The standard InChI is InChI=1S/C22H36O/c1-7-21(5)12-8-13-22(6)19(21)10-9-17(3)20(22)18(4)15-16(2)11-14-23/h7,11,15,17,19-20,23H,1,8-10,12-14H2,2-6H3/b16-11+,18-15+/t17-,19?,20+,21+,22-/m0/s1. The molecule has 1 unspecified atom stereocenters. The highest BCUT2D eigenvalue weighted by molar-refractivity contribution is 5.26. The van der Waals surface area contributed by atoms with Crippen LogP contribution in [0.3, 0.4) is 0 Å². The van der Waals surface area contributed by atoms with Gasteiger partial charge in [-0.15, -0.1) is 6.58 Å². The smallest absolute Gasteiger partial charge is 0.0617 e. The minimum Gasteiger partial charge on any atom is -0.392 e. The summed E-state index contributed by atoms with van der Waals surface area (Å²) in [6.07, 6.45) is 13.1. The van der Waals surface area contributed by atoms with Crippen molar-refractivity contribution in [1.29, 1.82) is 0 Å². The highest BCUT2D eigenvalue weighted by atomic mass is 16.2. The maximum atomic E-state index is 9.13. The Bertz CT molecular complexity index is 500. The van der Waals surface area contributed by atoms with E-state index in [1.807, 2.05) is 6.08 Å². The highest BCUT2D eigenvalue weighted by Crippen LogP contribution is 2.63. The average Bonchev–Trinajstić information content (AvgIpc) is 2.46. The number of hydrogen-bond donors (Lipinski definition) is 1. The average molecular weight is 317 g/mol. The number of aliphatic hydroxyl groups is 1. The molecule has 0 aliphatic heterocycles. The van der Waals surface area contributed by atoms with Gasteiger partial charge in [0.2, 0.25) is 0 Å². The van der Waals surface area contributed by atoms with Crippen LogP contribution in [0, 0.1) is 28.6 Å². The number of allylic oxidation sites excluding steroid dienone is 4. The van der Waals surface area contributed by atoms with E-state index in [2.05, 4.69) is 53.3 Å². The molecule has 1 nitrogen and oxygen atoms in total. The number of rotatable bonds is 4. The monoisotopic (exact) mass is 316 g/mol. The molecule has 0 amide bonds. The Morgan fingerprint density at radius 2 is 1.91 bits per heavy atom. The Kier molecular flexibility index (Phi) is 5.61. The molecule has 2 aliphatic carbocycles. The van der Waals surface area contributed by atoms with Crippen LogP contribution < -0.4 is 0 Å². The summed E-state index contributed by atoms with van der Waals surface area (Å²) in [6, 6.07) is 0. The second-order valence-corrected chi connectivity index (χ2v) is 8.67. The molecule has 1 N–H and O–H groups in total. The lowest BCUT2D eigenvalue weighted by atomic mass is 9.45. The van der Waals surface area contributed by atoms with Crippen LogP contribution >= 0.6 is 0 Å². The molecular formula is C22H36O. The van der Waals surface area contributed by atoms with E-state index in [1.165, 1.54) is 43.3 Å². The van der Waals surface area contributed by atoms with E-state index in [4.69, 9.17) is 5.11 Å². The first-order valence-corrected chi connectivity index (χ1v) is 9.38. The molecule has 5 atom stereocenters. The second-order valence-electron chi connectivity index (χ2n) is 8.67. The van der Waals surface area contributed by atoms with Crippen molar-refractivity contribution < 1.29 is 5.11 Å². The minimum absolute atomic E-state index is 0.129. The molecular weight excluding hydrogens is 280 g/mol. The summed E-state index contributed by atoms with van der Waals surface area (Å²) >= 11 is 0. The van der Waals surface area contributed by atoms with E-state index in [9.17, 15) is 0 Å². The molecule has 2 aliphatic rings. The molecule has 0 radical (unpaired) electrons. The van der Waals surface area contributed by atoms with Crippen LogP contribution in [0.1, 0.15) is 66.7 Å². The van der Waals surface area contributed by atoms with Crippen LogP contribution in [0.4, 0.5) is 0 Å². The van der Waals surface area contributed by atoms with E-state index in [0.29, 0.717) is 16.7 Å². The fraction of sp³-hybridized carbons (Fsp3) is 0.727. The fourth-order valence-electron chi connectivity index (χ4n) is 6.09. The van der Waals surface area contributed by atoms with Crippen molar-refractivity contribution in [3.63, 3.8) is 0 Å². The zero-order valence-electron chi connectivity index (χ0n) is 15.9. The summed E-state index contributed by atoms with van der Waals surface area (Å²) < 4.78 is 0. The molecule has 0 bridgehead atoms. The molecule has 0 spiro atoms. The Labute approximate surface area is 143 Å².